The van der Waals surface area contributed by atoms with Crippen molar-refractivity contribution in [3.8, 4) is 5.75 Å². The van der Waals surface area contributed by atoms with Crippen LogP contribution in [0.3, 0.4) is 0 Å². The fourth-order valence-corrected chi connectivity index (χ4v) is 6.60. The Morgan fingerprint density at radius 2 is 2.17 bits per heavy atom. The van der Waals surface area contributed by atoms with Gasteiger partial charge in [-0.05, 0) is 56.1 Å². The molecule has 30 heavy (non-hydrogen) atoms. The van der Waals surface area contributed by atoms with E-state index in [0.717, 1.165) is 54.5 Å². The van der Waals surface area contributed by atoms with Gasteiger partial charge in [0.25, 0.3) is 0 Å². The average molecular weight is 434 g/mol. The number of primary amides is 1. The number of thiophene rings is 1. The number of morpholine rings is 1. The number of nitrogens with zero attached hydrogens (tertiary/aromatic N) is 2. The molecule has 1 saturated heterocycles. The third-order valence-corrected chi connectivity index (χ3v) is 7.93. The van der Waals surface area contributed by atoms with E-state index in [1.165, 1.54) is 10.4 Å². The Hall–Kier alpha value is -1.77. The fraction of sp³-hybridized carbons (Fsp3) is 0.636. The van der Waals surface area contributed by atoms with Gasteiger partial charge in [0.05, 0.1) is 24.7 Å². The van der Waals surface area contributed by atoms with Crippen molar-refractivity contribution in [2.24, 2.45) is 5.73 Å². The molecule has 1 aliphatic heterocycles. The number of nitrogens with two attached hydrogens (primary N) is 1. The smallest absolute Gasteiger partial charge is 0.218 e. The number of hydrogen-bond donors (Lipinski definition) is 1. The first kappa shape index (κ1) is 20.2. The molecule has 0 unspecified atom stereocenters. The zero-order chi connectivity index (χ0) is 20.7. The maximum atomic E-state index is 14.2. The minimum absolute atomic E-state index is 0.123. The molecule has 6 nitrogen and oxygen atoms in total. The number of hydrogen-bond acceptors (Lipinski definition) is 6. The van der Waals surface area contributed by atoms with Crippen LogP contribution in [0, 0.1) is 0 Å². The largest absolute Gasteiger partial charge is 0.490 e. The summed E-state index contributed by atoms with van der Waals surface area (Å²) in [6.07, 6.45) is 6.95. The first-order chi connectivity index (χ1) is 14.6. The lowest BCUT2D eigenvalue weighted by Gasteiger charge is -2.40. The number of aryl methyl sites for hydroxylation is 1. The van der Waals surface area contributed by atoms with Crippen LogP contribution in [0.15, 0.2) is 12.3 Å². The molecule has 162 valence electrons. The van der Waals surface area contributed by atoms with Crippen LogP contribution >= 0.6 is 11.3 Å². The van der Waals surface area contributed by atoms with Gasteiger partial charge in [-0.25, -0.2) is 9.37 Å². The molecule has 0 bridgehead atoms. The number of carbonyl (C=O) groups excluding carboxylic acids is 1. The van der Waals surface area contributed by atoms with Crippen LogP contribution < -0.4 is 10.5 Å². The first-order valence-corrected chi connectivity index (χ1v) is 11.7. The third kappa shape index (κ3) is 3.81. The molecule has 8 heteroatoms. The number of ether oxygens (including phenoxy) is 2. The van der Waals surface area contributed by atoms with Gasteiger partial charge in [0, 0.05) is 30.1 Å². The summed E-state index contributed by atoms with van der Waals surface area (Å²) in [7, 11) is 0. The summed E-state index contributed by atoms with van der Waals surface area (Å²) in [4.78, 5) is 20.4. The van der Waals surface area contributed by atoms with Gasteiger partial charge < -0.3 is 15.2 Å². The van der Waals surface area contributed by atoms with Crippen molar-refractivity contribution in [3.63, 3.8) is 0 Å². The van der Waals surface area contributed by atoms with Gasteiger partial charge in [-0.15, -0.1) is 11.3 Å². The van der Waals surface area contributed by atoms with Crippen LogP contribution in [0.1, 0.15) is 54.9 Å². The zero-order valence-electron chi connectivity index (χ0n) is 17.0. The molecule has 2 atom stereocenters. The van der Waals surface area contributed by atoms with Crippen molar-refractivity contribution >= 4 is 27.5 Å². The monoisotopic (exact) mass is 433 g/mol. The van der Waals surface area contributed by atoms with Crippen LogP contribution in [-0.2, 0) is 16.0 Å². The van der Waals surface area contributed by atoms with Crippen molar-refractivity contribution in [3.05, 3.63) is 22.7 Å². The SMILES string of the molecule is NC(=O)C[C@H]1CCc2sc3nccc(OC4CCC(N5CCOC[C@@H]5F)CC4)c3c21. The first-order valence-electron chi connectivity index (χ1n) is 10.9. The Bertz CT molecular complexity index is 928. The van der Waals surface area contributed by atoms with Crippen LogP contribution in [0.25, 0.3) is 10.2 Å². The molecule has 3 heterocycles. The van der Waals surface area contributed by atoms with Gasteiger partial charge in [0.1, 0.15) is 10.6 Å². The van der Waals surface area contributed by atoms with E-state index >= 15 is 0 Å². The number of rotatable bonds is 5. The molecule has 2 aromatic heterocycles. The highest BCUT2D eigenvalue weighted by Crippen LogP contribution is 2.48. The second-order valence-electron chi connectivity index (χ2n) is 8.63. The molecule has 2 N–H and O–H groups in total. The molecule has 1 amide bonds. The van der Waals surface area contributed by atoms with Crippen molar-refractivity contribution < 1.29 is 18.7 Å². The van der Waals surface area contributed by atoms with Crippen LogP contribution in [0.2, 0.25) is 0 Å². The number of carbonyl (C=O) groups is 1. The average Bonchev–Trinajstić information content (AvgIpc) is 3.29. The number of halogens is 1. The molecule has 2 aliphatic carbocycles. The Morgan fingerprint density at radius 3 is 2.93 bits per heavy atom. The lowest BCUT2D eigenvalue weighted by atomic mass is 9.91. The van der Waals surface area contributed by atoms with E-state index < -0.39 is 6.30 Å². The molecule has 3 aliphatic rings. The second kappa shape index (κ2) is 8.40. The maximum absolute atomic E-state index is 14.2. The zero-order valence-corrected chi connectivity index (χ0v) is 17.8. The Kier molecular flexibility index (Phi) is 5.64. The highest BCUT2D eigenvalue weighted by atomic mass is 32.1. The highest BCUT2D eigenvalue weighted by molar-refractivity contribution is 7.19. The number of amides is 1. The lowest BCUT2D eigenvalue weighted by molar-refractivity contribution is -0.118. The van der Waals surface area contributed by atoms with Crippen LogP contribution in [0.5, 0.6) is 5.75 Å². The van der Waals surface area contributed by atoms with E-state index in [-0.39, 0.29) is 30.6 Å². The van der Waals surface area contributed by atoms with Crippen molar-refractivity contribution in [1.82, 2.24) is 9.88 Å². The van der Waals surface area contributed by atoms with E-state index in [2.05, 4.69) is 4.98 Å². The van der Waals surface area contributed by atoms with Gasteiger partial charge in [0.2, 0.25) is 5.91 Å². The number of alkyl halides is 1. The summed E-state index contributed by atoms with van der Waals surface area (Å²) in [5.74, 6) is 0.773. The molecule has 2 fully saturated rings. The molecule has 5 rings (SSSR count). The predicted octanol–water partition coefficient (Wildman–Crippen LogP) is 3.52. The van der Waals surface area contributed by atoms with E-state index in [1.807, 2.05) is 11.0 Å². The van der Waals surface area contributed by atoms with Crippen molar-refractivity contribution in [2.75, 3.05) is 19.8 Å². The van der Waals surface area contributed by atoms with Crippen LogP contribution in [-0.4, -0.2) is 54.0 Å². The Labute approximate surface area is 179 Å². The standard InChI is InChI=1S/C22H28FN3O3S/c23-18-12-28-10-9-26(18)14-2-4-15(5-3-14)29-16-7-8-25-22-21(16)20-13(11-19(24)27)1-6-17(20)30-22/h7-8,13-15,18H,1-6,9-12H2,(H2,24,27)/t13-,14?,15?,18-/m1/s1. The van der Waals surface area contributed by atoms with Gasteiger partial charge >= 0.3 is 0 Å². The predicted molar refractivity (Wildman–Crippen MR) is 114 cm³/mol. The summed E-state index contributed by atoms with van der Waals surface area (Å²) in [5.41, 5.74) is 6.71. The molecule has 0 spiro atoms. The third-order valence-electron chi connectivity index (χ3n) is 6.76. The van der Waals surface area contributed by atoms with Gasteiger partial charge in [-0.3, -0.25) is 9.69 Å². The molecule has 0 radical (unpaired) electrons. The molecule has 2 aromatic rings. The van der Waals surface area contributed by atoms with Gasteiger partial charge in [-0.1, -0.05) is 0 Å². The molecular formula is C22H28FN3O3S. The molecular weight excluding hydrogens is 405 g/mol. The highest BCUT2D eigenvalue weighted by Gasteiger charge is 2.34. The Morgan fingerprint density at radius 1 is 1.33 bits per heavy atom. The van der Waals surface area contributed by atoms with Crippen molar-refractivity contribution in [1.29, 1.82) is 0 Å². The number of aromatic nitrogens is 1. The number of pyridine rings is 1. The van der Waals surface area contributed by atoms with E-state index in [1.54, 1.807) is 17.5 Å². The van der Waals surface area contributed by atoms with E-state index in [4.69, 9.17) is 15.2 Å². The van der Waals surface area contributed by atoms with E-state index in [9.17, 15) is 9.18 Å². The fourth-order valence-electron chi connectivity index (χ4n) is 5.35. The van der Waals surface area contributed by atoms with E-state index in [0.29, 0.717) is 19.6 Å². The summed E-state index contributed by atoms with van der Waals surface area (Å²) >= 11 is 1.71. The summed E-state index contributed by atoms with van der Waals surface area (Å²) in [5, 5.41) is 1.07. The topological polar surface area (TPSA) is 77.7 Å². The normalized spacial score (nSPS) is 29.8. The summed E-state index contributed by atoms with van der Waals surface area (Å²) < 4.78 is 25.9. The second-order valence-corrected chi connectivity index (χ2v) is 9.71. The minimum atomic E-state index is -0.989. The molecule has 0 aromatic carbocycles. The minimum Gasteiger partial charge on any atom is -0.490 e. The lowest BCUT2D eigenvalue weighted by Crippen LogP contribution is -2.50. The number of fused-ring (bicyclic) bond motifs is 3. The summed E-state index contributed by atoms with van der Waals surface area (Å²) in [6.45, 7) is 1.47. The summed E-state index contributed by atoms with van der Waals surface area (Å²) in [6, 6.07) is 2.22. The Balaban J connectivity index is 1.31. The maximum Gasteiger partial charge on any atom is 0.218 e. The van der Waals surface area contributed by atoms with Gasteiger partial charge in [-0.2, -0.15) is 0 Å². The van der Waals surface area contributed by atoms with Crippen LogP contribution in [0.4, 0.5) is 4.39 Å². The molecule has 1 saturated carbocycles. The quantitative estimate of drug-likeness (QED) is 0.730. The van der Waals surface area contributed by atoms with Gasteiger partial charge in [0.15, 0.2) is 6.30 Å². The van der Waals surface area contributed by atoms with Crippen molar-refractivity contribution in [2.45, 2.75) is 69.3 Å².